The Hall–Kier alpha value is -1.75. The molecular formula is C17H30N4O. The molecule has 0 spiro atoms. The molecule has 0 aliphatic rings. The summed E-state index contributed by atoms with van der Waals surface area (Å²) in [6, 6.07) is 8.50. The number of para-hydroxylation sites is 1. The van der Waals surface area contributed by atoms with Gasteiger partial charge in [0, 0.05) is 52.6 Å². The highest BCUT2D eigenvalue weighted by Gasteiger charge is 2.06. The van der Waals surface area contributed by atoms with E-state index in [1.807, 2.05) is 0 Å². The van der Waals surface area contributed by atoms with Crippen molar-refractivity contribution in [2.75, 3.05) is 51.8 Å². The lowest BCUT2D eigenvalue weighted by Crippen LogP contribution is -2.42. The summed E-state index contributed by atoms with van der Waals surface area (Å²) in [4.78, 5) is 6.61. The smallest absolute Gasteiger partial charge is 0.191 e. The number of aryl methyl sites for hydroxylation is 1. The van der Waals surface area contributed by atoms with Gasteiger partial charge in [-0.05, 0) is 31.9 Å². The number of benzene rings is 1. The lowest BCUT2D eigenvalue weighted by atomic mass is 10.2. The highest BCUT2D eigenvalue weighted by Crippen LogP contribution is 2.18. The maximum absolute atomic E-state index is 5.04. The number of guanidine groups is 1. The fourth-order valence-corrected chi connectivity index (χ4v) is 2.32. The summed E-state index contributed by atoms with van der Waals surface area (Å²) in [7, 11) is 3.52. The van der Waals surface area contributed by atoms with Crippen LogP contribution < -0.4 is 15.5 Å². The van der Waals surface area contributed by atoms with E-state index >= 15 is 0 Å². The van der Waals surface area contributed by atoms with E-state index in [1.165, 1.54) is 11.3 Å². The SMILES string of the molecule is CCN(CCNC(=NC)NCCCOC)c1ccccc1C. The van der Waals surface area contributed by atoms with E-state index in [4.69, 9.17) is 4.74 Å². The van der Waals surface area contributed by atoms with Crippen molar-refractivity contribution in [3.63, 3.8) is 0 Å². The fraction of sp³-hybridized carbons (Fsp3) is 0.588. The summed E-state index contributed by atoms with van der Waals surface area (Å²) in [5, 5.41) is 6.64. The molecule has 0 bridgehead atoms. The van der Waals surface area contributed by atoms with Crippen LogP contribution in [0.25, 0.3) is 0 Å². The molecule has 0 amide bonds. The van der Waals surface area contributed by atoms with Crippen molar-refractivity contribution in [2.24, 2.45) is 4.99 Å². The van der Waals surface area contributed by atoms with E-state index in [0.29, 0.717) is 0 Å². The van der Waals surface area contributed by atoms with Gasteiger partial charge >= 0.3 is 0 Å². The molecule has 0 atom stereocenters. The average Bonchev–Trinajstić information content (AvgIpc) is 2.54. The number of methoxy groups -OCH3 is 1. The van der Waals surface area contributed by atoms with Crippen molar-refractivity contribution in [3.05, 3.63) is 29.8 Å². The van der Waals surface area contributed by atoms with Crippen LogP contribution in [-0.4, -0.2) is 52.9 Å². The summed E-state index contributed by atoms with van der Waals surface area (Å²) in [5.74, 6) is 0.844. The van der Waals surface area contributed by atoms with E-state index in [2.05, 4.69) is 58.6 Å². The standard InChI is InChI=1S/C17H30N4O/c1-5-21(16-10-7-6-9-15(16)2)13-12-20-17(18-3)19-11-8-14-22-4/h6-7,9-10H,5,8,11-14H2,1-4H3,(H2,18,19,20). The second-order valence-electron chi connectivity index (χ2n) is 5.14. The monoisotopic (exact) mass is 306 g/mol. The van der Waals surface area contributed by atoms with E-state index in [1.54, 1.807) is 14.2 Å². The molecule has 0 aromatic heterocycles. The normalized spacial score (nSPS) is 11.4. The number of nitrogens with zero attached hydrogens (tertiary/aromatic N) is 2. The Kier molecular flexibility index (Phi) is 9.07. The third-order valence-electron chi connectivity index (χ3n) is 3.55. The zero-order valence-electron chi connectivity index (χ0n) is 14.4. The van der Waals surface area contributed by atoms with E-state index < -0.39 is 0 Å². The van der Waals surface area contributed by atoms with Gasteiger partial charge in [-0.2, -0.15) is 0 Å². The summed E-state index contributed by atoms with van der Waals surface area (Å²) < 4.78 is 5.04. The van der Waals surface area contributed by atoms with Crippen molar-refractivity contribution >= 4 is 11.6 Å². The fourth-order valence-electron chi connectivity index (χ4n) is 2.32. The topological polar surface area (TPSA) is 48.9 Å². The van der Waals surface area contributed by atoms with Gasteiger partial charge in [-0.15, -0.1) is 0 Å². The Morgan fingerprint density at radius 3 is 2.59 bits per heavy atom. The molecule has 0 radical (unpaired) electrons. The minimum atomic E-state index is 0.765. The number of nitrogens with one attached hydrogen (secondary N) is 2. The largest absolute Gasteiger partial charge is 0.385 e. The summed E-state index contributed by atoms with van der Waals surface area (Å²) in [5.41, 5.74) is 2.61. The highest BCUT2D eigenvalue weighted by atomic mass is 16.5. The van der Waals surface area contributed by atoms with Crippen molar-refractivity contribution < 1.29 is 4.74 Å². The van der Waals surface area contributed by atoms with Crippen LogP contribution in [0.15, 0.2) is 29.3 Å². The molecule has 0 fully saturated rings. The van der Waals surface area contributed by atoms with E-state index in [0.717, 1.165) is 45.2 Å². The van der Waals surface area contributed by atoms with Crippen LogP contribution in [0.2, 0.25) is 0 Å². The van der Waals surface area contributed by atoms with Crippen LogP contribution in [0.4, 0.5) is 5.69 Å². The lowest BCUT2D eigenvalue weighted by molar-refractivity contribution is 0.195. The van der Waals surface area contributed by atoms with Crippen LogP contribution in [0.1, 0.15) is 18.9 Å². The number of likely N-dealkylation sites (N-methyl/N-ethyl adjacent to an activating group) is 1. The third-order valence-corrected chi connectivity index (χ3v) is 3.55. The molecule has 5 heteroatoms. The zero-order chi connectivity index (χ0) is 16.2. The summed E-state index contributed by atoms with van der Waals surface area (Å²) in [6.07, 6.45) is 0.974. The number of hydrogen-bond acceptors (Lipinski definition) is 3. The highest BCUT2D eigenvalue weighted by molar-refractivity contribution is 5.79. The number of anilines is 1. The van der Waals surface area contributed by atoms with Gasteiger partial charge < -0.3 is 20.3 Å². The second-order valence-corrected chi connectivity index (χ2v) is 5.14. The average molecular weight is 306 g/mol. The van der Waals surface area contributed by atoms with Crippen LogP contribution in [0, 0.1) is 6.92 Å². The molecule has 0 saturated heterocycles. The first-order chi connectivity index (χ1) is 10.7. The Labute approximate surface area is 134 Å². The molecular weight excluding hydrogens is 276 g/mol. The Bertz CT molecular complexity index is 448. The van der Waals surface area contributed by atoms with Gasteiger partial charge in [-0.1, -0.05) is 18.2 Å². The first-order valence-electron chi connectivity index (χ1n) is 7.97. The van der Waals surface area contributed by atoms with Crippen molar-refractivity contribution in [1.29, 1.82) is 0 Å². The molecule has 0 aliphatic heterocycles. The predicted octanol–water partition coefficient (Wildman–Crippen LogP) is 2.02. The van der Waals surface area contributed by atoms with Crippen molar-refractivity contribution in [1.82, 2.24) is 10.6 Å². The second kappa shape index (κ2) is 10.9. The van der Waals surface area contributed by atoms with Gasteiger partial charge in [-0.25, -0.2) is 0 Å². The Balaban J connectivity index is 2.38. The van der Waals surface area contributed by atoms with E-state index in [9.17, 15) is 0 Å². The molecule has 124 valence electrons. The van der Waals surface area contributed by atoms with Gasteiger partial charge in [0.2, 0.25) is 0 Å². The minimum absolute atomic E-state index is 0.765. The number of ether oxygens (including phenoxy) is 1. The minimum Gasteiger partial charge on any atom is -0.385 e. The maximum atomic E-state index is 5.04. The summed E-state index contributed by atoms with van der Waals surface area (Å²) in [6.45, 7) is 8.76. The first-order valence-corrected chi connectivity index (χ1v) is 7.97. The molecule has 5 nitrogen and oxygen atoms in total. The van der Waals surface area contributed by atoms with E-state index in [-0.39, 0.29) is 0 Å². The number of rotatable bonds is 9. The van der Waals surface area contributed by atoms with Gasteiger partial charge in [0.15, 0.2) is 5.96 Å². The molecule has 0 saturated carbocycles. The van der Waals surface area contributed by atoms with Crippen LogP contribution in [0.3, 0.4) is 0 Å². The quantitative estimate of drug-likeness (QED) is 0.416. The molecule has 1 rings (SSSR count). The summed E-state index contributed by atoms with van der Waals surface area (Å²) >= 11 is 0. The zero-order valence-corrected chi connectivity index (χ0v) is 14.4. The molecule has 1 aromatic rings. The molecule has 0 heterocycles. The molecule has 0 aliphatic carbocycles. The molecule has 2 N–H and O–H groups in total. The van der Waals surface area contributed by atoms with Gasteiger partial charge in [0.25, 0.3) is 0 Å². The first kappa shape index (κ1) is 18.3. The number of aliphatic imine (C=N–C) groups is 1. The maximum Gasteiger partial charge on any atom is 0.191 e. The number of hydrogen-bond donors (Lipinski definition) is 2. The van der Waals surface area contributed by atoms with Crippen LogP contribution in [-0.2, 0) is 4.74 Å². The van der Waals surface area contributed by atoms with Crippen molar-refractivity contribution in [2.45, 2.75) is 20.3 Å². The third kappa shape index (κ3) is 6.35. The lowest BCUT2D eigenvalue weighted by Gasteiger charge is -2.25. The van der Waals surface area contributed by atoms with Gasteiger partial charge in [-0.3, -0.25) is 4.99 Å². The van der Waals surface area contributed by atoms with Crippen LogP contribution in [0.5, 0.6) is 0 Å². The molecule has 1 aromatic carbocycles. The van der Waals surface area contributed by atoms with Gasteiger partial charge in [0.1, 0.15) is 0 Å². The Morgan fingerprint density at radius 1 is 1.23 bits per heavy atom. The van der Waals surface area contributed by atoms with Gasteiger partial charge in [0.05, 0.1) is 0 Å². The Morgan fingerprint density at radius 2 is 1.95 bits per heavy atom. The van der Waals surface area contributed by atoms with Crippen LogP contribution >= 0.6 is 0 Å². The van der Waals surface area contributed by atoms with Crippen molar-refractivity contribution in [3.8, 4) is 0 Å². The predicted molar refractivity (Wildman–Crippen MR) is 94.9 cm³/mol. The molecule has 22 heavy (non-hydrogen) atoms. The molecule has 0 unspecified atom stereocenters.